The molecule has 1 aromatic rings. The highest BCUT2D eigenvalue weighted by atomic mass is 32.2. The minimum absolute atomic E-state index is 0.00519. The van der Waals surface area contributed by atoms with Crippen LogP contribution in [0.2, 0.25) is 0 Å². The molecule has 1 unspecified atom stereocenters. The van der Waals surface area contributed by atoms with Crippen molar-refractivity contribution in [3.8, 4) is 11.5 Å². The lowest BCUT2D eigenvalue weighted by Crippen LogP contribution is -2.33. The smallest absolute Gasteiger partial charge is 0.321 e. The van der Waals surface area contributed by atoms with E-state index in [0.29, 0.717) is 5.75 Å². The van der Waals surface area contributed by atoms with Crippen LogP contribution in [0.25, 0.3) is 0 Å². The predicted molar refractivity (Wildman–Crippen MR) is 62.3 cm³/mol. The first-order valence-electron chi connectivity index (χ1n) is 5.24. The van der Waals surface area contributed by atoms with Crippen molar-refractivity contribution in [3.63, 3.8) is 0 Å². The van der Waals surface area contributed by atoms with Crippen LogP contribution in [-0.2, 0) is 4.79 Å². The first-order chi connectivity index (χ1) is 8.24. The van der Waals surface area contributed by atoms with Gasteiger partial charge in [-0.1, -0.05) is 6.07 Å². The molecule has 3 rings (SSSR count). The van der Waals surface area contributed by atoms with Gasteiger partial charge in [-0.3, -0.25) is 10.1 Å². The number of fused-ring (bicyclic) bond motifs is 1. The van der Waals surface area contributed by atoms with Crippen molar-refractivity contribution in [2.45, 2.75) is 11.4 Å². The molecule has 0 amide bonds. The van der Waals surface area contributed by atoms with Crippen molar-refractivity contribution in [1.82, 2.24) is 5.32 Å². The molecule has 0 bridgehead atoms. The summed E-state index contributed by atoms with van der Waals surface area (Å²) in [7, 11) is 0. The maximum atomic E-state index is 10.8. The predicted octanol–water partition coefficient (Wildman–Crippen LogP) is 1.20. The van der Waals surface area contributed by atoms with E-state index in [0.717, 1.165) is 17.1 Å². The monoisotopic (exact) mass is 253 g/mol. The number of hydrogen-bond donors (Lipinski definition) is 2. The van der Waals surface area contributed by atoms with Crippen LogP contribution in [0, 0.1) is 0 Å². The maximum absolute atomic E-state index is 10.8. The van der Waals surface area contributed by atoms with Crippen LogP contribution in [0.1, 0.15) is 10.9 Å². The first-order valence-corrected chi connectivity index (χ1v) is 6.29. The Morgan fingerprint density at radius 2 is 2.24 bits per heavy atom. The molecule has 90 valence electrons. The Balaban J connectivity index is 1.79. The standard InChI is InChI=1S/C11H11NO4S/c13-11(14)7-4-17-10(12-7)6-1-2-8-9(3-6)16-5-15-8/h1-3,7,10,12H,4-5H2,(H,13,14)/t7-,10?/m1/s1. The van der Waals surface area contributed by atoms with E-state index in [1.165, 1.54) is 0 Å². The summed E-state index contributed by atoms with van der Waals surface area (Å²) in [5.41, 5.74) is 1.02. The third-order valence-corrected chi connectivity index (χ3v) is 4.05. The van der Waals surface area contributed by atoms with E-state index in [2.05, 4.69) is 5.32 Å². The number of thioether (sulfide) groups is 1. The average Bonchev–Trinajstić information content (AvgIpc) is 2.97. The summed E-state index contributed by atoms with van der Waals surface area (Å²) < 4.78 is 10.5. The zero-order valence-electron chi connectivity index (χ0n) is 8.88. The molecule has 0 aliphatic carbocycles. The summed E-state index contributed by atoms with van der Waals surface area (Å²) in [6.45, 7) is 0.252. The van der Waals surface area contributed by atoms with Crippen molar-refractivity contribution >= 4 is 17.7 Å². The van der Waals surface area contributed by atoms with Gasteiger partial charge in [-0.05, 0) is 17.7 Å². The summed E-state index contributed by atoms with van der Waals surface area (Å²) in [5.74, 6) is 1.24. The van der Waals surface area contributed by atoms with Crippen molar-refractivity contribution in [3.05, 3.63) is 23.8 Å². The average molecular weight is 253 g/mol. The Hall–Kier alpha value is -1.40. The fourth-order valence-corrected chi connectivity index (χ4v) is 3.11. The number of ether oxygens (including phenoxy) is 2. The van der Waals surface area contributed by atoms with Gasteiger partial charge < -0.3 is 14.6 Å². The van der Waals surface area contributed by atoms with Crippen LogP contribution < -0.4 is 14.8 Å². The molecular formula is C11H11NO4S. The van der Waals surface area contributed by atoms with Gasteiger partial charge in [0.15, 0.2) is 11.5 Å². The van der Waals surface area contributed by atoms with Crippen molar-refractivity contribution in [2.75, 3.05) is 12.5 Å². The number of carbonyl (C=O) groups is 1. The van der Waals surface area contributed by atoms with Gasteiger partial charge in [0, 0.05) is 5.75 Å². The second kappa shape index (κ2) is 4.12. The number of nitrogens with one attached hydrogen (secondary N) is 1. The van der Waals surface area contributed by atoms with Crippen molar-refractivity contribution in [1.29, 1.82) is 0 Å². The van der Waals surface area contributed by atoms with Crippen LogP contribution in [0.4, 0.5) is 0 Å². The van der Waals surface area contributed by atoms with E-state index in [1.54, 1.807) is 11.8 Å². The Kier molecular flexibility index (Phi) is 2.60. The topological polar surface area (TPSA) is 67.8 Å². The largest absolute Gasteiger partial charge is 0.480 e. The second-order valence-corrected chi connectivity index (χ2v) is 5.02. The Bertz CT molecular complexity index is 465. The van der Waals surface area contributed by atoms with Crippen LogP contribution in [-0.4, -0.2) is 29.7 Å². The van der Waals surface area contributed by atoms with Crippen LogP contribution >= 0.6 is 11.8 Å². The molecule has 1 saturated heterocycles. The third kappa shape index (κ3) is 1.94. The molecule has 2 atom stereocenters. The minimum atomic E-state index is -0.805. The van der Waals surface area contributed by atoms with Gasteiger partial charge in [0.25, 0.3) is 0 Å². The van der Waals surface area contributed by atoms with Gasteiger partial charge in [-0.25, -0.2) is 0 Å². The van der Waals surface area contributed by atoms with Crippen LogP contribution in [0.3, 0.4) is 0 Å². The van der Waals surface area contributed by atoms with E-state index in [9.17, 15) is 4.79 Å². The fraction of sp³-hybridized carbons (Fsp3) is 0.364. The van der Waals surface area contributed by atoms with E-state index < -0.39 is 12.0 Å². The van der Waals surface area contributed by atoms with Gasteiger partial charge >= 0.3 is 5.97 Å². The number of carboxylic acids is 1. The summed E-state index contributed by atoms with van der Waals surface area (Å²) in [6, 6.07) is 5.21. The van der Waals surface area contributed by atoms with Crippen LogP contribution in [0.5, 0.6) is 11.5 Å². The number of carboxylic acid groups (broad SMARTS) is 1. The normalized spacial score (nSPS) is 26.1. The molecular weight excluding hydrogens is 242 g/mol. The molecule has 17 heavy (non-hydrogen) atoms. The zero-order chi connectivity index (χ0) is 11.8. The molecule has 6 heteroatoms. The number of hydrogen-bond acceptors (Lipinski definition) is 5. The molecule has 0 aromatic heterocycles. The summed E-state index contributed by atoms with van der Waals surface area (Å²) in [5, 5.41) is 12.0. The quantitative estimate of drug-likeness (QED) is 0.825. The Morgan fingerprint density at radius 3 is 3.00 bits per heavy atom. The van der Waals surface area contributed by atoms with Crippen molar-refractivity contribution < 1.29 is 19.4 Å². The highest BCUT2D eigenvalue weighted by molar-refractivity contribution is 7.99. The minimum Gasteiger partial charge on any atom is -0.480 e. The van der Waals surface area contributed by atoms with Gasteiger partial charge in [0.05, 0.1) is 5.37 Å². The van der Waals surface area contributed by atoms with Gasteiger partial charge in [0.2, 0.25) is 6.79 Å². The molecule has 0 radical (unpaired) electrons. The van der Waals surface area contributed by atoms with E-state index in [1.807, 2.05) is 18.2 Å². The summed E-state index contributed by atoms with van der Waals surface area (Å²) in [4.78, 5) is 10.8. The van der Waals surface area contributed by atoms with E-state index in [-0.39, 0.29) is 12.2 Å². The first kappa shape index (κ1) is 10.7. The molecule has 0 saturated carbocycles. The molecule has 2 aliphatic heterocycles. The molecule has 1 aromatic carbocycles. The molecule has 2 aliphatic rings. The lowest BCUT2D eigenvalue weighted by atomic mass is 10.2. The lowest BCUT2D eigenvalue weighted by molar-refractivity contribution is -0.138. The molecule has 1 fully saturated rings. The van der Waals surface area contributed by atoms with E-state index in [4.69, 9.17) is 14.6 Å². The molecule has 5 nitrogen and oxygen atoms in total. The van der Waals surface area contributed by atoms with Gasteiger partial charge in [0.1, 0.15) is 6.04 Å². The van der Waals surface area contributed by atoms with Crippen molar-refractivity contribution in [2.24, 2.45) is 0 Å². The maximum Gasteiger partial charge on any atom is 0.321 e. The lowest BCUT2D eigenvalue weighted by Gasteiger charge is -2.11. The van der Waals surface area contributed by atoms with Gasteiger partial charge in [-0.15, -0.1) is 11.8 Å². The summed E-state index contributed by atoms with van der Waals surface area (Å²) >= 11 is 1.59. The fourth-order valence-electron chi connectivity index (χ4n) is 1.88. The zero-order valence-corrected chi connectivity index (χ0v) is 9.70. The molecule has 0 spiro atoms. The van der Waals surface area contributed by atoms with Crippen LogP contribution in [0.15, 0.2) is 18.2 Å². The highest BCUT2D eigenvalue weighted by Gasteiger charge is 2.31. The SMILES string of the molecule is O=C(O)[C@H]1CSC(c2ccc3c(c2)OCO3)N1. The third-order valence-electron chi connectivity index (χ3n) is 2.78. The number of benzene rings is 1. The Morgan fingerprint density at radius 1 is 1.41 bits per heavy atom. The molecule has 2 N–H and O–H groups in total. The van der Waals surface area contributed by atoms with Gasteiger partial charge in [-0.2, -0.15) is 0 Å². The molecule has 2 heterocycles. The second-order valence-electron chi connectivity index (χ2n) is 3.88. The number of rotatable bonds is 2. The summed E-state index contributed by atoms with van der Waals surface area (Å²) in [6.07, 6.45) is 0. The Labute approximate surface area is 102 Å². The highest BCUT2D eigenvalue weighted by Crippen LogP contribution is 2.39. The van der Waals surface area contributed by atoms with E-state index >= 15 is 0 Å². The number of aliphatic carboxylic acids is 1.